The molecule has 3 unspecified atom stereocenters. The molecule has 0 spiro atoms. The van der Waals surface area contributed by atoms with E-state index in [1.165, 1.54) is 0 Å². The second-order valence-electron chi connectivity index (χ2n) is 11.1. The van der Waals surface area contributed by atoms with E-state index in [0.717, 1.165) is 10.9 Å². The molecule has 3 rings (SSSR count). The van der Waals surface area contributed by atoms with E-state index in [0.29, 0.717) is 82.5 Å². The van der Waals surface area contributed by atoms with Gasteiger partial charge in [0.2, 0.25) is 5.78 Å². The van der Waals surface area contributed by atoms with Crippen LogP contribution in [0.2, 0.25) is 0 Å². The molecule has 0 bridgehead atoms. The van der Waals surface area contributed by atoms with Crippen LogP contribution < -0.4 is 4.74 Å². The van der Waals surface area contributed by atoms with Crippen LogP contribution in [-0.2, 0) is 33.4 Å². The first-order valence-corrected chi connectivity index (χ1v) is 16.7. The second kappa shape index (κ2) is 17.9. The Balaban J connectivity index is 1.64. The van der Waals surface area contributed by atoms with Gasteiger partial charge in [-0.3, -0.25) is 14.4 Å². The third-order valence-corrected chi connectivity index (χ3v) is 10.2. The van der Waals surface area contributed by atoms with Crippen LogP contribution in [-0.4, -0.2) is 83.0 Å². The van der Waals surface area contributed by atoms with Gasteiger partial charge in [0.15, 0.2) is 5.78 Å². The standard InChI is InChI=1S/C31H41BrO10S/c32-21-5-7-22(8-6-21)42-25(23-9-10-24(33)30(23)39)13-18-43-27-12-11-26(34)31(27,14-1-3-16-40-19-28(35)36)15-2-4-17-41-20-29(37)38/h5-8,23,25,27H,1-4,9-20H2,(H,35,36)(H,37,38). The van der Waals surface area contributed by atoms with Crippen molar-refractivity contribution in [3.8, 4) is 5.75 Å². The summed E-state index contributed by atoms with van der Waals surface area (Å²) < 4.78 is 17.5. The van der Waals surface area contributed by atoms with Gasteiger partial charge in [-0.05, 0) is 75.0 Å². The molecule has 2 fully saturated rings. The normalized spacial score (nSPS) is 20.4. The molecule has 0 aliphatic heterocycles. The highest BCUT2D eigenvalue weighted by Gasteiger charge is 2.49. The Bertz CT molecular complexity index is 1080. The Morgan fingerprint density at radius 1 is 0.907 bits per heavy atom. The Hall–Kier alpha value is -2.28. The number of aliphatic carboxylic acids is 2. The number of benzene rings is 1. The third-order valence-electron chi connectivity index (χ3n) is 8.14. The van der Waals surface area contributed by atoms with Crippen molar-refractivity contribution < 1.29 is 48.4 Å². The van der Waals surface area contributed by atoms with E-state index in [1.54, 1.807) is 11.8 Å². The molecule has 0 amide bonds. The Morgan fingerprint density at radius 3 is 2.05 bits per heavy atom. The van der Waals surface area contributed by atoms with E-state index in [9.17, 15) is 24.0 Å². The fourth-order valence-electron chi connectivity index (χ4n) is 6.00. The molecule has 0 saturated heterocycles. The quantitative estimate of drug-likeness (QED) is 0.131. The van der Waals surface area contributed by atoms with Crippen molar-refractivity contribution in [1.82, 2.24) is 0 Å². The number of carbonyl (C=O) groups is 5. The maximum atomic E-state index is 13.4. The molecule has 1 aromatic carbocycles. The van der Waals surface area contributed by atoms with Crippen molar-refractivity contribution in [2.45, 2.75) is 82.0 Å². The molecule has 2 N–H and O–H groups in total. The van der Waals surface area contributed by atoms with E-state index >= 15 is 0 Å². The highest BCUT2D eigenvalue weighted by atomic mass is 79.9. The zero-order valence-corrected chi connectivity index (χ0v) is 26.7. The second-order valence-corrected chi connectivity index (χ2v) is 13.3. The van der Waals surface area contributed by atoms with Crippen LogP contribution in [0.1, 0.15) is 70.6 Å². The molecule has 2 aliphatic carbocycles. The zero-order valence-electron chi connectivity index (χ0n) is 24.3. The van der Waals surface area contributed by atoms with Gasteiger partial charge >= 0.3 is 11.9 Å². The summed E-state index contributed by atoms with van der Waals surface area (Å²) in [7, 11) is 0. The molecular formula is C31H41BrO10S. The zero-order chi connectivity index (χ0) is 31.2. The van der Waals surface area contributed by atoms with Gasteiger partial charge in [-0.25, -0.2) is 9.59 Å². The summed E-state index contributed by atoms with van der Waals surface area (Å²) in [4.78, 5) is 59.6. The van der Waals surface area contributed by atoms with Crippen LogP contribution in [0, 0.1) is 11.3 Å². The number of thioether (sulfide) groups is 1. The van der Waals surface area contributed by atoms with Gasteiger partial charge in [-0.2, -0.15) is 11.8 Å². The van der Waals surface area contributed by atoms with Gasteiger partial charge < -0.3 is 24.4 Å². The molecular weight excluding hydrogens is 644 g/mol. The fraction of sp³-hybridized carbons (Fsp3) is 0.645. The van der Waals surface area contributed by atoms with Crippen LogP contribution in [0.3, 0.4) is 0 Å². The third kappa shape index (κ3) is 11.0. The fourth-order valence-corrected chi connectivity index (χ4v) is 7.89. The predicted molar refractivity (Wildman–Crippen MR) is 163 cm³/mol. The monoisotopic (exact) mass is 684 g/mol. The molecule has 0 radical (unpaired) electrons. The van der Waals surface area contributed by atoms with Crippen molar-refractivity contribution in [3.63, 3.8) is 0 Å². The molecule has 2 aliphatic rings. The van der Waals surface area contributed by atoms with Crippen molar-refractivity contribution in [3.05, 3.63) is 28.7 Å². The molecule has 3 atom stereocenters. The molecule has 0 heterocycles. The molecule has 12 heteroatoms. The average Bonchev–Trinajstić information content (AvgIpc) is 3.46. The van der Waals surface area contributed by atoms with Gasteiger partial charge in [0.1, 0.15) is 30.9 Å². The van der Waals surface area contributed by atoms with E-state index in [4.69, 9.17) is 24.4 Å². The lowest BCUT2D eigenvalue weighted by Crippen LogP contribution is -2.36. The lowest BCUT2D eigenvalue weighted by atomic mass is 9.75. The summed E-state index contributed by atoms with van der Waals surface area (Å²) >= 11 is 5.13. The van der Waals surface area contributed by atoms with E-state index in [1.807, 2.05) is 24.3 Å². The molecule has 2 saturated carbocycles. The largest absolute Gasteiger partial charge is 0.490 e. The van der Waals surface area contributed by atoms with Crippen molar-refractivity contribution >= 4 is 57.0 Å². The van der Waals surface area contributed by atoms with Gasteiger partial charge in [0, 0.05) is 41.2 Å². The first-order chi connectivity index (χ1) is 20.6. The number of unbranched alkanes of at least 4 members (excludes halogenated alkanes) is 2. The smallest absolute Gasteiger partial charge is 0.329 e. The SMILES string of the molecule is O=C(O)COCCCCC1(CCCCOCC(=O)O)C(=O)CCC1SCCC(Oc1ccc(Br)cc1)C1CCC(=O)C1=O. The number of ether oxygens (including phenoxy) is 3. The van der Waals surface area contributed by atoms with Crippen LogP contribution in [0.4, 0.5) is 0 Å². The van der Waals surface area contributed by atoms with Crippen LogP contribution >= 0.6 is 27.7 Å². The van der Waals surface area contributed by atoms with Crippen LogP contribution in [0.5, 0.6) is 5.75 Å². The summed E-state index contributed by atoms with van der Waals surface area (Å²) in [6, 6.07) is 7.38. The number of hydrogen-bond donors (Lipinski definition) is 2. The first kappa shape index (κ1) is 35.2. The minimum absolute atomic E-state index is 0.0640. The van der Waals surface area contributed by atoms with Gasteiger partial charge in [0.05, 0.1) is 5.92 Å². The maximum Gasteiger partial charge on any atom is 0.329 e. The Morgan fingerprint density at radius 2 is 1.51 bits per heavy atom. The number of carbonyl (C=O) groups excluding carboxylic acids is 3. The molecule has 43 heavy (non-hydrogen) atoms. The molecule has 10 nitrogen and oxygen atoms in total. The average molecular weight is 686 g/mol. The van der Waals surface area contributed by atoms with Gasteiger partial charge in [-0.1, -0.05) is 28.8 Å². The Kier molecular flexibility index (Phi) is 14.6. The molecule has 1 aromatic rings. The number of carboxylic acids is 2. The Labute approximate surface area is 264 Å². The minimum atomic E-state index is -1.02. The van der Waals surface area contributed by atoms with Crippen molar-refractivity contribution in [1.29, 1.82) is 0 Å². The number of Topliss-reactive ketones (excluding diaryl/α,β-unsaturated/α-hetero) is 3. The molecule has 0 aromatic heterocycles. The summed E-state index contributed by atoms with van der Waals surface area (Å²) in [5, 5.41) is 17.6. The summed E-state index contributed by atoms with van der Waals surface area (Å²) in [5.74, 6) is -1.72. The summed E-state index contributed by atoms with van der Waals surface area (Å²) in [6.45, 7) is -0.0871. The lowest BCUT2D eigenvalue weighted by Gasteiger charge is -2.35. The summed E-state index contributed by atoms with van der Waals surface area (Å²) in [6.07, 6.45) is 6.07. The minimum Gasteiger partial charge on any atom is -0.490 e. The van der Waals surface area contributed by atoms with Crippen LogP contribution in [0.25, 0.3) is 0 Å². The van der Waals surface area contributed by atoms with Crippen molar-refractivity contribution in [2.24, 2.45) is 11.3 Å². The topological polar surface area (TPSA) is 154 Å². The van der Waals surface area contributed by atoms with Crippen LogP contribution in [0.15, 0.2) is 28.7 Å². The molecule has 238 valence electrons. The first-order valence-electron chi connectivity index (χ1n) is 14.9. The lowest BCUT2D eigenvalue weighted by molar-refractivity contribution is -0.143. The van der Waals surface area contributed by atoms with Gasteiger partial charge in [0.25, 0.3) is 0 Å². The number of carboxylic acid groups (broad SMARTS) is 2. The number of halogens is 1. The van der Waals surface area contributed by atoms with E-state index in [-0.39, 0.29) is 42.2 Å². The highest BCUT2D eigenvalue weighted by molar-refractivity contribution is 9.10. The number of ketones is 3. The summed E-state index contributed by atoms with van der Waals surface area (Å²) in [5.41, 5.74) is -0.550. The predicted octanol–water partition coefficient (Wildman–Crippen LogP) is 5.13. The van der Waals surface area contributed by atoms with Crippen molar-refractivity contribution in [2.75, 3.05) is 32.2 Å². The van der Waals surface area contributed by atoms with E-state index in [2.05, 4.69) is 15.9 Å². The number of hydrogen-bond acceptors (Lipinski definition) is 9. The maximum absolute atomic E-state index is 13.4. The van der Waals surface area contributed by atoms with E-state index < -0.39 is 29.4 Å². The number of rotatable bonds is 21. The van der Waals surface area contributed by atoms with Gasteiger partial charge in [-0.15, -0.1) is 0 Å². The highest BCUT2D eigenvalue weighted by Crippen LogP contribution is 2.50.